The largest absolute Gasteiger partial charge is 0.319 e. The topological polar surface area (TPSA) is 55.1 Å². The molecule has 1 aromatic carbocycles. The van der Waals surface area contributed by atoms with Gasteiger partial charge in [-0.05, 0) is 29.7 Å². The third kappa shape index (κ3) is 2.36. The van der Waals surface area contributed by atoms with Gasteiger partial charge in [0.2, 0.25) is 0 Å². The summed E-state index contributed by atoms with van der Waals surface area (Å²) in [7, 11) is 1.90. The first-order valence-electron chi connectivity index (χ1n) is 7.41. The number of aryl methyl sites for hydroxylation is 2. The van der Waals surface area contributed by atoms with Crippen molar-refractivity contribution >= 4 is 5.52 Å². The lowest BCUT2D eigenvalue weighted by molar-refractivity contribution is 0.768. The highest BCUT2D eigenvalue weighted by Crippen LogP contribution is 2.23. The smallest absolute Gasteiger partial charge is 0.272 e. The molecular weight excluding hydrogens is 288 g/mol. The van der Waals surface area contributed by atoms with Crippen molar-refractivity contribution in [3.63, 3.8) is 0 Å². The molecule has 114 valence electrons. The van der Waals surface area contributed by atoms with E-state index in [2.05, 4.69) is 10.1 Å². The van der Waals surface area contributed by atoms with Crippen molar-refractivity contribution in [1.29, 1.82) is 0 Å². The molecule has 0 aliphatic carbocycles. The van der Waals surface area contributed by atoms with Gasteiger partial charge in [0.05, 0.1) is 11.9 Å². The number of nitrogens with one attached hydrogen (secondary N) is 1. The molecule has 3 aromatic heterocycles. The molecular formula is C18H16N4O. The minimum absolute atomic E-state index is 0.0769. The Morgan fingerprint density at radius 2 is 1.74 bits per heavy atom. The summed E-state index contributed by atoms with van der Waals surface area (Å²) in [5, 5.41) is 4.19. The Morgan fingerprint density at radius 1 is 1.00 bits per heavy atom. The molecule has 0 bridgehead atoms. The first-order chi connectivity index (χ1) is 11.1. The van der Waals surface area contributed by atoms with Crippen LogP contribution in [0.1, 0.15) is 5.56 Å². The Kier molecular flexibility index (Phi) is 2.94. The van der Waals surface area contributed by atoms with Gasteiger partial charge in [-0.1, -0.05) is 24.3 Å². The Balaban J connectivity index is 1.77. The first-order valence-corrected chi connectivity index (χ1v) is 7.41. The van der Waals surface area contributed by atoms with Crippen LogP contribution >= 0.6 is 0 Å². The lowest BCUT2D eigenvalue weighted by Crippen LogP contribution is -2.09. The van der Waals surface area contributed by atoms with E-state index in [1.165, 1.54) is 0 Å². The summed E-state index contributed by atoms with van der Waals surface area (Å²) >= 11 is 0. The fraction of sp³-hybridized carbons (Fsp3) is 0.111. The van der Waals surface area contributed by atoms with Crippen molar-refractivity contribution in [3.8, 4) is 22.4 Å². The quantitative estimate of drug-likeness (QED) is 0.619. The molecule has 23 heavy (non-hydrogen) atoms. The van der Waals surface area contributed by atoms with Crippen LogP contribution in [-0.4, -0.2) is 19.2 Å². The monoisotopic (exact) mass is 304 g/mol. The van der Waals surface area contributed by atoms with Gasteiger partial charge >= 0.3 is 0 Å². The molecule has 0 unspecified atom stereocenters. The van der Waals surface area contributed by atoms with Crippen molar-refractivity contribution in [2.45, 2.75) is 6.92 Å². The van der Waals surface area contributed by atoms with Crippen molar-refractivity contribution in [2.24, 2.45) is 7.05 Å². The van der Waals surface area contributed by atoms with Crippen LogP contribution in [0.25, 0.3) is 27.9 Å². The molecule has 4 rings (SSSR count). The molecule has 0 fully saturated rings. The molecule has 0 saturated heterocycles. The zero-order valence-electron chi connectivity index (χ0n) is 12.9. The van der Waals surface area contributed by atoms with Gasteiger partial charge in [-0.3, -0.25) is 9.48 Å². The van der Waals surface area contributed by atoms with Gasteiger partial charge in [-0.2, -0.15) is 5.10 Å². The highest BCUT2D eigenvalue weighted by atomic mass is 16.1. The molecule has 3 heterocycles. The van der Waals surface area contributed by atoms with Crippen LogP contribution in [0.5, 0.6) is 0 Å². The number of rotatable bonds is 2. The summed E-state index contributed by atoms with van der Waals surface area (Å²) in [5.41, 5.74) is 5.61. The summed E-state index contributed by atoms with van der Waals surface area (Å²) in [5.74, 6) is 0. The van der Waals surface area contributed by atoms with E-state index in [-0.39, 0.29) is 5.56 Å². The SMILES string of the molecule is Cc1cc2c(=O)[nH]c(-c3ccc(-c4cnn(C)c4)cc3)cn2c1. The number of aromatic amines is 1. The maximum absolute atomic E-state index is 12.2. The molecule has 0 amide bonds. The number of hydrogen-bond acceptors (Lipinski definition) is 2. The average Bonchev–Trinajstić information content (AvgIpc) is 3.13. The van der Waals surface area contributed by atoms with Crippen molar-refractivity contribution in [1.82, 2.24) is 19.2 Å². The van der Waals surface area contributed by atoms with Crippen LogP contribution in [0.15, 0.2) is 59.9 Å². The third-order valence-corrected chi connectivity index (χ3v) is 3.97. The lowest BCUT2D eigenvalue weighted by Gasteiger charge is -2.05. The van der Waals surface area contributed by atoms with Gasteiger partial charge < -0.3 is 9.38 Å². The predicted octanol–water partition coefficient (Wildman–Crippen LogP) is 3.00. The number of nitrogens with zero attached hydrogens (tertiary/aromatic N) is 3. The summed E-state index contributed by atoms with van der Waals surface area (Å²) in [6, 6.07) is 9.98. The molecule has 0 atom stereocenters. The third-order valence-electron chi connectivity index (χ3n) is 3.97. The Bertz CT molecular complexity index is 1050. The van der Waals surface area contributed by atoms with E-state index in [1.54, 1.807) is 4.68 Å². The standard InChI is InChI=1S/C18H16N4O/c1-12-7-17-18(23)20-16(11-22(17)9-12)14-5-3-13(4-6-14)15-8-19-21(2)10-15/h3-11H,1-2H3,(H,20,23). The molecule has 1 N–H and O–H groups in total. The summed E-state index contributed by atoms with van der Waals surface area (Å²) in [6.45, 7) is 1.98. The zero-order valence-corrected chi connectivity index (χ0v) is 12.9. The fourth-order valence-corrected chi connectivity index (χ4v) is 2.82. The molecule has 0 aliphatic heterocycles. The second-order valence-corrected chi connectivity index (χ2v) is 5.79. The van der Waals surface area contributed by atoms with Gasteiger partial charge in [0.25, 0.3) is 5.56 Å². The molecule has 0 aliphatic rings. The van der Waals surface area contributed by atoms with Gasteiger partial charge in [-0.15, -0.1) is 0 Å². The number of fused-ring (bicyclic) bond motifs is 1. The molecule has 0 radical (unpaired) electrons. The first kappa shape index (κ1) is 13.6. The van der Waals surface area contributed by atoms with Crippen molar-refractivity contribution in [2.75, 3.05) is 0 Å². The Labute approximate surface area is 132 Å². The Hall–Kier alpha value is -3.08. The van der Waals surface area contributed by atoms with E-state index in [4.69, 9.17) is 0 Å². The number of H-pyrrole nitrogens is 1. The highest BCUT2D eigenvalue weighted by molar-refractivity contribution is 5.68. The van der Waals surface area contributed by atoms with Crippen LogP contribution in [0.3, 0.4) is 0 Å². The van der Waals surface area contributed by atoms with E-state index in [0.717, 1.165) is 27.9 Å². The van der Waals surface area contributed by atoms with Crippen molar-refractivity contribution in [3.05, 3.63) is 71.0 Å². The van der Waals surface area contributed by atoms with Crippen molar-refractivity contribution < 1.29 is 0 Å². The lowest BCUT2D eigenvalue weighted by atomic mass is 10.1. The molecule has 0 saturated carbocycles. The van der Waals surface area contributed by atoms with Crippen LogP contribution in [0, 0.1) is 6.92 Å². The molecule has 0 spiro atoms. The highest BCUT2D eigenvalue weighted by Gasteiger charge is 2.06. The van der Waals surface area contributed by atoms with Gasteiger partial charge in [0.1, 0.15) is 5.52 Å². The maximum atomic E-state index is 12.2. The molecule has 5 heteroatoms. The minimum Gasteiger partial charge on any atom is -0.319 e. The summed E-state index contributed by atoms with van der Waals surface area (Å²) in [6.07, 6.45) is 7.72. The van der Waals surface area contributed by atoms with Crippen LogP contribution < -0.4 is 5.56 Å². The summed E-state index contributed by atoms with van der Waals surface area (Å²) in [4.78, 5) is 15.1. The van der Waals surface area contributed by atoms with E-state index in [9.17, 15) is 4.79 Å². The van der Waals surface area contributed by atoms with Crippen LogP contribution in [-0.2, 0) is 7.05 Å². The minimum atomic E-state index is -0.0769. The van der Waals surface area contributed by atoms with Crippen LogP contribution in [0.2, 0.25) is 0 Å². The number of hydrogen-bond donors (Lipinski definition) is 1. The van der Waals surface area contributed by atoms with Gasteiger partial charge in [0.15, 0.2) is 0 Å². The number of benzene rings is 1. The summed E-state index contributed by atoms with van der Waals surface area (Å²) < 4.78 is 3.65. The van der Waals surface area contributed by atoms with E-state index in [0.29, 0.717) is 5.52 Å². The second-order valence-electron chi connectivity index (χ2n) is 5.79. The van der Waals surface area contributed by atoms with Gasteiger partial charge in [0, 0.05) is 31.2 Å². The van der Waals surface area contributed by atoms with E-state index < -0.39 is 0 Å². The van der Waals surface area contributed by atoms with Gasteiger partial charge in [-0.25, -0.2) is 0 Å². The second kappa shape index (κ2) is 4.98. The predicted molar refractivity (Wildman–Crippen MR) is 90.4 cm³/mol. The van der Waals surface area contributed by atoms with E-state index in [1.807, 2.05) is 73.5 Å². The molecule has 5 nitrogen and oxygen atoms in total. The normalized spacial score (nSPS) is 11.2. The number of aromatic nitrogens is 4. The average molecular weight is 304 g/mol. The zero-order chi connectivity index (χ0) is 16.0. The Morgan fingerprint density at radius 3 is 2.43 bits per heavy atom. The van der Waals surface area contributed by atoms with E-state index >= 15 is 0 Å². The fourth-order valence-electron chi connectivity index (χ4n) is 2.82. The molecule has 4 aromatic rings. The van der Waals surface area contributed by atoms with Crippen LogP contribution in [0.4, 0.5) is 0 Å². The maximum Gasteiger partial charge on any atom is 0.272 e.